The van der Waals surface area contributed by atoms with Gasteiger partial charge in [-0.1, -0.05) is 6.07 Å². The van der Waals surface area contributed by atoms with Crippen LogP contribution in [0.5, 0.6) is 0 Å². The van der Waals surface area contributed by atoms with E-state index in [0.29, 0.717) is 16.9 Å². The molecule has 0 fully saturated rings. The van der Waals surface area contributed by atoms with E-state index >= 15 is 0 Å². The summed E-state index contributed by atoms with van der Waals surface area (Å²) in [6.07, 6.45) is 0. The van der Waals surface area contributed by atoms with Crippen molar-refractivity contribution >= 4 is 21.4 Å². The summed E-state index contributed by atoms with van der Waals surface area (Å²) in [7, 11) is -3.76. The highest BCUT2D eigenvalue weighted by molar-refractivity contribution is 7.92. The Morgan fingerprint density at radius 2 is 1.65 bits per heavy atom. The van der Waals surface area contributed by atoms with Gasteiger partial charge in [0.1, 0.15) is 5.82 Å². The highest BCUT2D eigenvalue weighted by atomic mass is 32.2. The monoisotopic (exact) mass is 294 g/mol. The molecule has 0 spiro atoms. The predicted molar refractivity (Wildman–Crippen MR) is 77.5 cm³/mol. The fraction of sp³-hybridized carbons (Fsp3) is 0.143. The van der Waals surface area contributed by atoms with Crippen molar-refractivity contribution in [2.24, 2.45) is 0 Å². The zero-order chi connectivity index (χ0) is 14.9. The maximum absolute atomic E-state index is 12.9. The van der Waals surface area contributed by atoms with E-state index < -0.39 is 15.8 Å². The topological polar surface area (TPSA) is 72.2 Å². The minimum Gasteiger partial charge on any atom is -0.398 e. The van der Waals surface area contributed by atoms with Gasteiger partial charge >= 0.3 is 0 Å². The van der Waals surface area contributed by atoms with E-state index in [1.54, 1.807) is 26.0 Å². The summed E-state index contributed by atoms with van der Waals surface area (Å²) < 4.78 is 39.9. The van der Waals surface area contributed by atoms with Crippen molar-refractivity contribution < 1.29 is 12.8 Å². The zero-order valence-electron chi connectivity index (χ0n) is 11.1. The molecule has 0 saturated carbocycles. The third-order valence-electron chi connectivity index (χ3n) is 3.08. The number of hydrogen-bond acceptors (Lipinski definition) is 3. The Kier molecular flexibility index (Phi) is 3.67. The van der Waals surface area contributed by atoms with Crippen molar-refractivity contribution in [3.05, 3.63) is 53.3 Å². The molecular weight excluding hydrogens is 279 g/mol. The van der Waals surface area contributed by atoms with Gasteiger partial charge in [0.05, 0.1) is 10.6 Å². The smallest absolute Gasteiger partial charge is 0.261 e. The number of nitrogen functional groups attached to an aromatic ring is 1. The number of aryl methyl sites for hydroxylation is 1. The van der Waals surface area contributed by atoms with Gasteiger partial charge < -0.3 is 5.73 Å². The number of halogens is 1. The second-order valence-corrected chi connectivity index (χ2v) is 6.21. The fourth-order valence-corrected chi connectivity index (χ4v) is 3.02. The van der Waals surface area contributed by atoms with Crippen LogP contribution in [0, 0.1) is 19.7 Å². The molecule has 2 aromatic rings. The Labute approximate surface area is 117 Å². The van der Waals surface area contributed by atoms with Gasteiger partial charge in [0.25, 0.3) is 10.0 Å². The standard InChI is InChI=1S/C14H15FN2O2S/c1-9-3-8-13(16)10(2)14(9)17-20(18,19)12-6-4-11(15)5-7-12/h3-8,17H,16H2,1-2H3. The molecule has 3 N–H and O–H groups in total. The Morgan fingerprint density at radius 3 is 2.25 bits per heavy atom. The molecule has 0 unspecified atom stereocenters. The van der Waals surface area contributed by atoms with E-state index in [4.69, 9.17) is 5.73 Å². The third-order valence-corrected chi connectivity index (χ3v) is 4.44. The first kappa shape index (κ1) is 14.3. The second kappa shape index (κ2) is 5.13. The minimum absolute atomic E-state index is 0.000115. The van der Waals surface area contributed by atoms with Crippen molar-refractivity contribution in [1.82, 2.24) is 0 Å². The summed E-state index contributed by atoms with van der Waals surface area (Å²) in [4.78, 5) is 0.000115. The Bertz CT molecular complexity index is 741. The fourth-order valence-electron chi connectivity index (χ4n) is 1.83. The van der Waals surface area contributed by atoms with Gasteiger partial charge in [-0.15, -0.1) is 0 Å². The summed E-state index contributed by atoms with van der Waals surface area (Å²) in [6.45, 7) is 3.53. The van der Waals surface area contributed by atoms with Crippen molar-refractivity contribution in [2.75, 3.05) is 10.5 Å². The van der Waals surface area contributed by atoms with Crippen LogP contribution in [-0.4, -0.2) is 8.42 Å². The molecule has 0 atom stereocenters. The number of sulfonamides is 1. The van der Waals surface area contributed by atoms with Crippen molar-refractivity contribution in [2.45, 2.75) is 18.7 Å². The number of benzene rings is 2. The lowest BCUT2D eigenvalue weighted by Crippen LogP contribution is -2.15. The Morgan fingerprint density at radius 1 is 1.05 bits per heavy atom. The molecule has 0 amide bonds. The van der Waals surface area contributed by atoms with Crippen LogP contribution in [0.25, 0.3) is 0 Å². The molecule has 0 aliphatic carbocycles. The molecule has 0 aliphatic heterocycles. The van der Waals surface area contributed by atoms with E-state index in [1.807, 2.05) is 0 Å². The predicted octanol–water partition coefficient (Wildman–Crippen LogP) is 2.83. The van der Waals surface area contributed by atoms with E-state index in [0.717, 1.165) is 17.7 Å². The van der Waals surface area contributed by atoms with Crippen LogP contribution < -0.4 is 10.5 Å². The molecule has 0 aromatic heterocycles. The number of rotatable bonds is 3. The van der Waals surface area contributed by atoms with E-state index in [2.05, 4.69) is 4.72 Å². The highest BCUT2D eigenvalue weighted by Gasteiger charge is 2.17. The molecule has 4 nitrogen and oxygen atoms in total. The summed E-state index contributed by atoms with van der Waals surface area (Å²) in [6, 6.07) is 8.11. The molecule has 0 heterocycles. The van der Waals surface area contributed by atoms with Gasteiger partial charge in [-0.3, -0.25) is 4.72 Å². The van der Waals surface area contributed by atoms with Gasteiger partial charge in [0.15, 0.2) is 0 Å². The lowest BCUT2D eigenvalue weighted by atomic mass is 10.1. The Balaban J connectivity index is 2.43. The molecule has 2 aromatic carbocycles. The maximum Gasteiger partial charge on any atom is 0.261 e. The summed E-state index contributed by atoms with van der Waals surface area (Å²) >= 11 is 0. The van der Waals surface area contributed by atoms with Crippen molar-refractivity contribution in [3.8, 4) is 0 Å². The molecule has 0 saturated heterocycles. The first-order chi connectivity index (χ1) is 9.31. The van der Waals surface area contributed by atoms with E-state index in [1.165, 1.54) is 12.1 Å². The minimum atomic E-state index is -3.76. The molecule has 0 aliphatic rings. The number of nitrogens with two attached hydrogens (primary N) is 1. The van der Waals surface area contributed by atoms with E-state index in [-0.39, 0.29) is 4.90 Å². The maximum atomic E-state index is 12.9. The summed E-state index contributed by atoms with van der Waals surface area (Å²) in [5.74, 6) is -0.486. The van der Waals surface area contributed by atoms with Gasteiger partial charge in [0.2, 0.25) is 0 Å². The van der Waals surface area contributed by atoms with Crippen LogP contribution in [0.15, 0.2) is 41.3 Å². The van der Waals surface area contributed by atoms with Crippen LogP contribution in [0.1, 0.15) is 11.1 Å². The average Bonchev–Trinajstić information content (AvgIpc) is 2.40. The van der Waals surface area contributed by atoms with Gasteiger partial charge in [0, 0.05) is 5.69 Å². The second-order valence-electron chi connectivity index (χ2n) is 4.53. The van der Waals surface area contributed by atoms with Gasteiger partial charge in [-0.25, -0.2) is 12.8 Å². The molecule has 0 radical (unpaired) electrons. The third kappa shape index (κ3) is 2.75. The van der Waals surface area contributed by atoms with Crippen LogP contribution >= 0.6 is 0 Å². The van der Waals surface area contributed by atoms with Gasteiger partial charge in [-0.05, 0) is 55.3 Å². The number of anilines is 2. The van der Waals surface area contributed by atoms with Crippen LogP contribution in [0.2, 0.25) is 0 Å². The number of hydrogen-bond donors (Lipinski definition) is 2. The molecule has 6 heteroatoms. The number of nitrogens with one attached hydrogen (secondary N) is 1. The first-order valence-corrected chi connectivity index (χ1v) is 7.43. The normalized spacial score (nSPS) is 11.3. The van der Waals surface area contributed by atoms with E-state index in [9.17, 15) is 12.8 Å². The van der Waals surface area contributed by atoms with Gasteiger partial charge in [-0.2, -0.15) is 0 Å². The first-order valence-electron chi connectivity index (χ1n) is 5.95. The lowest BCUT2D eigenvalue weighted by Gasteiger charge is -2.14. The highest BCUT2D eigenvalue weighted by Crippen LogP contribution is 2.27. The zero-order valence-corrected chi connectivity index (χ0v) is 12.0. The summed E-state index contributed by atoms with van der Waals surface area (Å²) in [5, 5.41) is 0. The van der Waals surface area contributed by atoms with Crippen LogP contribution in [0.4, 0.5) is 15.8 Å². The SMILES string of the molecule is Cc1ccc(N)c(C)c1NS(=O)(=O)c1ccc(F)cc1. The molecule has 106 valence electrons. The quantitative estimate of drug-likeness (QED) is 0.855. The molecular formula is C14H15FN2O2S. The van der Waals surface area contributed by atoms with Crippen molar-refractivity contribution in [1.29, 1.82) is 0 Å². The largest absolute Gasteiger partial charge is 0.398 e. The van der Waals surface area contributed by atoms with Crippen molar-refractivity contribution in [3.63, 3.8) is 0 Å². The Hall–Kier alpha value is -2.08. The molecule has 20 heavy (non-hydrogen) atoms. The van der Waals surface area contributed by atoms with Crippen LogP contribution in [0.3, 0.4) is 0 Å². The summed E-state index contributed by atoms with van der Waals surface area (Å²) in [5.41, 5.74) is 8.17. The van der Waals surface area contributed by atoms with Crippen LogP contribution in [-0.2, 0) is 10.0 Å². The molecule has 2 rings (SSSR count). The molecule has 0 bridgehead atoms. The lowest BCUT2D eigenvalue weighted by molar-refractivity contribution is 0.599. The average molecular weight is 294 g/mol.